The van der Waals surface area contributed by atoms with Crippen molar-refractivity contribution in [1.29, 1.82) is 0 Å². The number of aliphatic carboxylic acids is 1. The summed E-state index contributed by atoms with van der Waals surface area (Å²) in [7, 11) is 0. The molecule has 1 aromatic heterocycles. The summed E-state index contributed by atoms with van der Waals surface area (Å²) < 4.78 is 0. The third-order valence-electron chi connectivity index (χ3n) is 7.91. The molecule has 0 saturated heterocycles. The molecular formula is C29H29N3O4S. The Balaban J connectivity index is 1.39. The van der Waals surface area contributed by atoms with Crippen molar-refractivity contribution >= 4 is 34.8 Å². The van der Waals surface area contributed by atoms with Crippen LogP contribution in [0.1, 0.15) is 66.9 Å². The first kappa shape index (κ1) is 23.9. The Hall–Kier alpha value is -3.52. The summed E-state index contributed by atoms with van der Waals surface area (Å²) in [6.07, 6.45) is 6.37. The molecule has 2 fully saturated rings. The van der Waals surface area contributed by atoms with E-state index in [1.165, 1.54) is 0 Å². The summed E-state index contributed by atoms with van der Waals surface area (Å²) in [4.78, 5) is 47.9. The minimum absolute atomic E-state index is 0.00650. The van der Waals surface area contributed by atoms with Crippen LogP contribution in [0, 0.1) is 5.92 Å². The number of nitrogens with zero attached hydrogens (tertiary/aromatic N) is 3. The Morgan fingerprint density at radius 2 is 1.86 bits per heavy atom. The lowest BCUT2D eigenvalue weighted by Gasteiger charge is -2.48. The molecule has 3 unspecified atom stereocenters. The highest BCUT2D eigenvalue weighted by atomic mass is 32.1. The van der Waals surface area contributed by atoms with Gasteiger partial charge in [-0.3, -0.25) is 19.4 Å². The Morgan fingerprint density at radius 1 is 1.03 bits per heavy atom. The molecule has 6 rings (SSSR count). The SMILES string of the molecule is O=C(O)CCC(=O)N(C1CC1)C1c2ccccc2N(C(=O)c2cccc(-c3cncs3)c2)C2CCCC21. The van der Waals surface area contributed by atoms with Crippen molar-refractivity contribution in [3.63, 3.8) is 0 Å². The Bertz CT molecular complexity index is 1340. The van der Waals surface area contributed by atoms with E-state index >= 15 is 0 Å². The Labute approximate surface area is 219 Å². The molecule has 0 bridgehead atoms. The minimum Gasteiger partial charge on any atom is -0.481 e. The number of carbonyl (C=O) groups is 3. The number of rotatable bonds is 7. The van der Waals surface area contributed by atoms with Crippen LogP contribution in [0.25, 0.3) is 10.4 Å². The monoisotopic (exact) mass is 515 g/mol. The van der Waals surface area contributed by atoms with E-state index in [1.54, 1.807) is 16.8 Å². The number of thiazole rings is 1. The molecular weight excluding hydrogens is 486 g/mol. The van der Waals surface area contributed by atoms with Gasteiger partial charge in [0.2, 0.25) is 5.91 Å². The van der Waals surface area contributed by atoms with Gasteiger partial charge >= 0.3 is 5.97 Å². The van der Waals surface area contributed by atoms with E-state index in [-0.39, 0.29) is 48.7 Å². The van der Waals surface area contributed by atoms with Gasteiger partial charge in [0.25, 0.3) is 5.91 Å². The summed E-state index contributed by atoms with van der Waals surface area (Å²) in [5.41, 5.74) is 5.26. The van der Waals surface area contributed by atoms with Gasteiger partial charge in [0.05, 0.1) is 22.9 Å². The molecule has 0 radical (unpaired) electrons. The zero-order valence-electron chi connectivity index (χ0n) is 20.5. The topological polar surface area (TPSA) is 90.8 Å². The van der Waals surface area contributed by atoms with Gasteiger partial charge in [-0.2, -0.15) is 0 Å². The fraction of sp³-hybridized carbons (Fsp3) is 0.379. The van der Waals surface area contributed by atoms with Gasteiger partial charge < -0.3 is 14.9 Å². The maximum absolute atomic E-state index is 14.1. The second-order valence-corrected chi connectivity index (χ2v) is 11.1. The molecule has 3 aliphatic rings. The number of carboxylic acids is 1. The molecule has 3 aromatic rings. The fourth-order valence-corrected chi connectivity index (χ4v) is 6.84. The standard InChI is InChI=1S/C29H29N3O4S/c33-26(13-14-27(34)35)31(20-11-12-20)28-21-7-1-2-9-23(21)32(24-10-4-8-22(24)28)29(36)19-6-3-5-18(15-19)25-16-30-17-37-25/h1-3,5-7,9,15-17,20,22,24,28H,4,8,10-14H2,(H,34,35). The maximum atomic E-state index is 14.1. The third kappa shape index (κ3) is 4.44. The van der Waals surface area contributed by atoms with Crippen molar-refractivity contribution in [3.05, 3.63) is 71.4 Å². The Kier molecular flexibility index (Phi) is 6.28. The highest BCUT2D eigenvalue weighted by molar-refractivity contribution is 7.13. The highest BCUT2D eigenvalue weighted by Crippen LogP contribution is 2.53. The van der Waals surface area contributed by atoms with Crippen molar-refractivity contribution in [1.82, 2.24) is 9.88 Å². The summed E-state index contributed by atoms with van der Waals surface area (Å²) in [6.45, 7) is 0. The number of anilines is 1. The van der Waals surface area contributed by atoms with E-state index in [2.05, 4.69) is 4.98 Å². The lowest BCUT2D eigenvalue weighted by atomic mass is 9.81. The number of carboxylic acid groups (broad SMARTS) is 1. The van der Waals surface area contributed by atoms with Crippen LogP contribution in [0.2, 0.25) is 0 Å². The predicted octanol–water partition coefficient (Wildman–Crippen LogP) is 5.54. The smallest absolute Gasteiger partial charge is 0.303 e. The second kappa shape index (κ2) is 9.74. The number of carbonyl (C=O) groups excluding carboxylic acids is 2. The number of fused-ring (bicyclic) bond motifs is 2. The van der Waals surface area contributed by atoms with Crippen molar-refractivity contribution in [2.45, 2.75) is 63.1 Å². The van der Waals surface area contributed by atoms with Crippen LogP contribution in [0.3, 0.4) is 0 Å². The predicted molar refractivity (Wildman–Crippen MR) is 141 cm³/mol. The van der Waals surface area contributed by atoms with Crippen LogP contribution in [0.4, 0.5) is 5.69 Å². The number of aromatic nitrogens is 1. The van der Waals surface area contributed by atoms with E-state index in [0.717, 1.165) is 53.8 Å². The summed E-state index contributed by atoms with van der Waals surface area (Å²) in [6, 6.07) is 15.7. The first-order valence-corrected chi connectivity index (χ1v) is 13.9. The summed E-state index contributed by atoms with van der Waals surface area (Å²) in [5.74, 6) is -0.946. The summed E-state index contributed by atoms with van der Waals surface area (Å²) in [5, 5.41) is 9.18. The number of amides is 2. The molecule has 3 atom stereocenters. The fourth-order valence-electron chi connectivity index (χ4n) is 6.22. The third-order valence-corrected chi connectivity index (χ3v) is 8.73. The van der Waals surface area contributed by atoms with E-state index < -0.39 is 5.97 Å². The van der Waals surface area contributed by atoms with E-state index in [1.807, 2.05) is 64.5 Å². The van der Waals surface area contributed by atoms with Gasteiger partial charge in [-0.25, -0.2) is 0 Å². The van der Waals surface area contributed by atoms with Gasteiger partial charge in [-0.1, -0.05) is 36.8 Å². The molecule has 2 saturated carbocycles. The van der Waals surface area contributed by atoms with Crippen LogP contribution in [0.15, 0.2) is 60.2 Å². The van der Waals surface area contributed by atoms with Crippen LogP contribution in [-0.2, 0) is 9.59 Å². The molecule has 2 aromatic carbocycles. The molecule has 1 N–H and O–H groups in total. The quantitative estimate of drug-likeness (QED) is 0.446. The van der Waals surface area contributed by atoms with Crippen LogP contribution in [0.5, 0.6) is 0 Å². The molecule has 190 valence electrons. The normalized spacial score (nSPS) is 22.3. The molecule has 0 spiro atoms. The lowest BCUT2D eigenvalue weighted by Crippen LogP contribution is -2.52. The molecule has 2 aliphatic carbocycles. The van der Waals surface area contributed by atoms with Crippen LogP contribution in [-0.4, -0.2) is 44.9 Å². The number of hydrogen-bond acceptors (Lipinski definition) is 5. The number of hydrogen-bond donors (Lipinski definition) is 1. The molecule has 8 heteroatoms. The second-order valence-electron chi connectivity index (χ2n) is 10.2. The average molecular weight is 516 g/mol. The molecule has 37 heavy (non-hydrogen) atoms. The zero-order valence-corrected chi connectivity index (χ0v) is 21.3. The van der Waals surface area contributed by atoms with Crippen molar-refractivity contribution in [2.24, 2.45) is 5.92 Å². The van der Waals surface area contributed by atoms with E-state index in [4.69, 9.17) is 0 Å². The van der Waals surface area contributed by atoms with Gasteiger partial charge in [0.15, 0.2) is 0 Å². The Morgan fingerprint density at radius 3 is 2.62 bits per heavy atom. The first-order chi connectivity index (χ1) is 18.0. The van der Waals surface area contributed by atoms with E-state index in [9.17, 15) is 19.5 Å². The molecule has 2 amide bonds. The minimum atomic E-state index is -0.954. The summed E-state index contributed by atoms with van der Waals surface area (Å²) >= 11 is 1.55. The molecule has 7 nitrogen and oxygen atoms in total. The highest BCUT2D eigenvalue weighted by Gasteiger charge is 2.51. The van der Waals surface area contributed by atoms with Gasteiger partial charge in [0, 0.05) is 41.9 Å². The van der Waals surface area contributed by atoms with Crippen molar-refractivity contribution < 1.29 is 19.5 Å². The lowest BCUT2D eigenvalue weighted by molar-refractivity contribution is -0.142. The van der Waals surface area contributed by atoms with Crippen molar-refractivity contribution in [3.8, 4) is 10.4 Å². The maximum Gasteiger partial charge on any atom is 0.303 e. The number of benzene rings is 2. The van der Waals surface area contributed by atoms with Crippen LogP contribution < -0.4 is 4.90 Å². The van der Waals surface area contributed by atoms with Crippen LogP contribution >= 0.6 is 11.3 Å². The number of para-hydroxylation sites is 1. The molecule has 1 aliphatic heterocycles. The largest absolute Gasteiger partial charge is 0.481 e. The van der Waals surface area contributed by atoms with Gasteiger partial charge in [0.1, 0.15) is 0 Å². The average Bonchev–Trinajstić information content (AvgIpc) is 3.37. The first-order valence-electron chi connectivity index (χ1n) is 13.0. The molecule has 2 heterocycles. The van der Waals surface area contributed by atoms with Gasteiger partial charge in [-0.15, -0.1) is 11.3 Å². The van der Waals surface area contributed by atoms with Crippen molar-refractivity contribution in [2.75, 3.05) is 4.90 Å². The van der Waals surface area contributed by atoms with E-state index in [0.29, 0.717) is 5.56 Å². The zero-order chi connectivity index (χ0) is 25.5. The van der Waals surface area contributed by atoms with Gasteiger partial charge in [-0.05, 0) is 55.0 Å².